The molecular weight excluding hydrogens is 428 g/mol. The van der Waals surface area contributed by atoms with Gasteiger partial charge in [-0.3, -0.25) is 0 Å². The van der Waals surface area contributed by atoms with Gasteiger partial charge in [-0.1, -0.05) is 24.3 Å². The Kier molecular flexibility index (Phi) is 6.98. The summed E-state index contributed by atoms with van der Waals surface area (Å²) in [4.78, 5) is 12.0. The van der Waals surface area contributed by atoms with E-state index in [2.05, 4.69) is 4.72 Å². The van der Waals surface area contributed by atoms with Crippen molar-refractivity contribution in [2.75, 3.05) is 7.11 Å². The number of halogens is 2. The molecule has 0 aliphatic heterocycles. The van der Waals surface area contributed by atoms with Crippen molar-refractivity contribution < 1.29 is 31.5 Å². The van der Waals surface area contributed by atoms with Crippen molar-refractivity contribution in [1.29, 1.82) is 0 Å². The summed E-state index contributed by atoms with van der Waals surface area (Å²) in [6, 6.07) is 14.9. The van der Waals surface area contributed by atoms with Crippen molar-refractivity contribution in [3.8, 4) is 5.75 Å². The first-order valence-electron chi connectivity index (χ1n) is 9.11. The fourth-order valence-corrected chi connectivity index (χ4v) is 3.88. The molecule has 0 fully saturated rings. The monoisotopic (exact) mass is 447 g/mol. The van der Waals surface area contributed by atoms with Crippen molar-refractivity contribution in [2.45, 2.75) is 17.5 Å². The molecule has 0 aromatic heterocycles. The lowest BCUT2D eigenvalue weighted by Crippen LogP contribution is -2.34. The van der Waals surface area contributed by atoms with E-state index in [0.717, 1.165) is 36.9 Å². The van der Waals surface area contributed by atoms with Crippen LogP contribution in [-0.4, -0.2) is 21.5 Å². The Morgan fingerprint density at radius 2 is 1.45 bits per heavy atom. The van der Waals surface area contributed by atoms with Crippen LogP contribution in [0, 0.1) is 11.6 Å². The maximum Gasteiger partial charge on any atom is 0.328 e. The van der Waals surface area contributed by atoms with Gasteiger partial charge in [-0.2, -0.15) is 4.72 Å². The Labute approximate surface area is 178 Å². The Bertz CT molecular complexity index is 1130. The highest BCUT2D eigenvalue weighted by Gasteiger charge is 2.28. The number of methoxy groups -OCH3 is 1. The lowest BCUT2D eigenvalue weighted by atomic mass is 10.1. The number of sulfonamides is 1. The van der Waals surface area contributed by atoms with Crippen LogP contribution < -0.4 is 9.46 Å². The topological polar surface area (TPSA) is 81.7 Å². The first-order chi connectivity index (χ1) is 14.8. The number of ether oxygens (including phenoxy) is 2. The SMILES string of the molecule is COC(=O)[C@H](NS(=O)(=O)c1ccc(F)cc1)c1ccc(OCc2ccc(F)cc2)cc1. The minimum atomic E-state index is -4.12. The highest BCUT2D eigenvalue weighted by atomic mass is 32.2. The Hall–Kier alpha value is -3.30. The zero-order valence-electron chi connectivity index (χ0n) is 16.4. The molecule has 3 aromatic carbocycles. The van der Waals surface area contributed by atoms with E-state index >= 15 is 0 Å². The molecule has 162 valence electrons. The molecule has 6 nitrogen and oxygen atoms in total. The predicted molar refractivity (Wildman–Crippen MR) is 109 cm³/mol. The lowest BCUT2D eigenvalue weighted by Gasteiger charge is -2.17. The second-order valence-corrected chi connectivity index (χ2v) is 8.23. The fourth-order valence-electron chi connectivity index (χ4n) is 2.71. The van der Waals surface area contributed by atoms with Gasteiger partial charge in [-0.25, -0.2) is 22.0 Å². The van der Waals surface area contributed by atoms with Gasteiger partial charge < -0.3 is 9.47 Å². The van der Waals surface area contributed by atoms with Crippen LogP contribution in [0.15, 0.2) is 77.7 Å². The van der Waals surface area contributed by atoms with Gasteiger partial charge in [0.25, 0.3) is 0 Å². The van der Waals surface area contributed by atoms with Crippen molar-refractivity contribution in [3.05, 3.63) is 95.6 Å². The maximum absolute atomic E-state index is 13.1. The minimum absolute atomic E-state index is 0.193. The van der Waals surface area contributed by atoms with Gasteiger partial charge in [-0.15, -0.1) is 0 Å². The largest absolute Gasteiger partial charge is 0.489 e. The van der Waals surface area contributed by atoms with Crippen LogP contribution in [0.3, 0.4) is 0 Å². The molecule has 0 heterocycles. The molecule has 0 bridgehead atoms. The number of hydrogen-bond acceptors (Lipinski definition) is 5. The number of esters is 1. The first kappa shape index (κ1) is 22.4. The number of rotatable bonds is 8. The van der Waals surface area contributed by atoms with E-state index < -0.39 is 27.9 Å². The maximum atomic E-state index is 13.1. The highest BCUT2D eigenvalue weighted by Crippen LogP contribution is 2.22. The van der Waals surface area contributed by atoms with E-state index in [-0.39, 0.29) is 17.3 Å². The lowest BCUT2D eigenvalue weighted by molar-refractivity contribution is -0.142. The van der Waals surface area contributed by atoms with Gasteiger partial charge in [0.2, 0.25) is 10.0 Å². The second-order valence-electron chi connectivity index (χ2n) is 6.52. The average molecular weight is 447 g/mol. The summed E-state index contributed by atoms with van der Waals surface area (Å²) < 4.78 is 63.9. The van der Waals surface area contributed by atoms with Gasteiger partial charge in [0, 0.05) is 0 Å². The average Bonchev–Trinajstić information content (AvgIpc) is 2.77. The summed E-state index contributed by atoms with van der Waals surface area (Å²) in [5.74, 6) is -1.27. The molecular formula is C22H19F2NO5S. The number of benzene rings is 3. The van der Waals surface area contributed by atoms with Crippen molar-refractivity contribution >= 4 is 16.0 Å². The molecule has 0 amide bonds. The minimum Gasteiger partial charge on any atom is -0.489 e. The van der Waals surface area contributed by atoms with Gasteiger partial charge in [-0.05, 0) is 59.7 Å². The molecule has 0 saturated carbocycles. The quantitative estimate of drug-likeness (QED) is 0.532. The molecule has 3 rings (SSSR count). The van der Waals surface area contributed by atoms with Crippen molar-refractivity contribution in [1.82, 2.24) is 4.72 Å². The molecule has 9 heteroatoms. The third-order valence-corrected chi connectivity index (χ3v) is 5.80. The summed E-state index contributed by atoms with van der Waals surface area (Å²) >= 11 is 0. The highest BCUT2D eigenvalue weighted by molar-refractivity contribution is 7.89. The molecule has 0 aliphatic rings. The second kappa shape index (κ2) is 9.67. The molecule has 31 heavy (non-hydrogen) atoms. The summed E-state index contributed by atoms with van der Waals surface area (Å²) in [5, 5.41) is 0. The van der Waals surface area contributed by atoms with Crippen LogP contribution in [0.5, 0.6) is 5.75 Å². The molecule has 0 unspecified atom stereocenters. The zero-order chi connectivity index (χ0) is 22.4. The van der Waals surface area contributed by atoms with Gasteiger partial charge in [0.1, 0.15) is 30.0 Å². The summed E-state index contributed by atoms with van der Waals surface area (Å²) in [7, 11) is -2.98. The van der Waals surface area contributed by atoms with E-state index in [1.165, 1.54) is 24.3 Å². The Morgan fingerprint density at radius 3 is 2.00 bits per heavy atom. The van der Waals surface area contributed by atoms with Crippen LogP contribution in [0.1, 0.15) is 17.2 Å². The van der Waals surface area contributed by atoms with E-state index in [4.69, 9.17) is 9.47 Å². The molecule has 3 aromatic rings. The third-order valence-electron chi connectivity index (χ3n) is 4.37. The molecule has 1 atom stereocenters. The first-order valence-corrected chi connectivity index (χ1v) is 10.6. The van der Waals surface area contributed by atoms with Crippen LogP contribution in [0.25, 0.3) is 0 Å². The normalized spacial score (nSPS) is 12.2. The van der Waals surface area contributed by atoms with Gasteiger partial charge in [0.15, 0.2) is 0 Å². The van der Waals surface area contributed by atoms with Crippen molar-refractivity contribution in [3.63, 3.8) is 0 Å². The van der Waals surface area contributed by atoms with E-state index in [9.17, 15) is 22.0 Å². The standard InChI is InChI=1S/C22H19F2NO5S/c1-29-22(26)21(25-31(27,28)20-12-8-18(24)9-13-20)16-4-10-19(11-5-16)30-14-15-2-6-17(23)7-3-15/h2-13,21,25H,14H2,1H3/t21-/m1/s1. The molecule has 1 N–H and O–H groups in total. The van der Waals surface area contributed by atoms with Crippen LogP contribution >= 0.6 is 0 Å². The summed E-state index contributed by atoms with van der Waals surface area (Å²) in [6.07, 6.45) is 0. The Balaban J connectivity index is 1.75. The molecule has 0 saturated heterocycles. The summed E-state index contributed by atoms with van der Waals surface area (Å²) in [6.45, 7) is 0.206. The molecule has 0 aliphatic carbocycles. The summed E-state index contributed by atoms with van der Waals surface area (Å²) in [5.41, 5.74) is 1.09. The fraction of sp³-hybridized carbons (Fsp3) is 0.136. The predicted octanol–water partition coefficient (Wildman–Crippen LogP) is 3.74. The molecule has 0 radical (unpaired) electrons. The Morgan fingerprint density at radius 1 is 0.903 bits per heavy atom. The van der Waals surface area contributed by atoms with Gasteiger partial charge >= 0.3 is 5.97 Å². The van der Waals surface area contributed by atoms with E-state index in [1.807, 2.05) is 0 Å². The number of hydrogen-bond donors (Lipinski definition) is 1. The van der Waals surface area contributed by atoms with Crippen LogP contribution in [-0.2, 0) is 26.2 Å². The number of nitrogens with one attached hydrogen (secondary N) is 1. The number of carbonyl (C=O) groups is 1. The van der Waals surface area contributed by atoms with E-state index in [0.29, 0.717) is 11.3 Å². The smallest absolute Gasteiger partial charge is 0.328 e. The van der Waals surface area contributed by atoms with Crippen molar-refractivity contribution in [2.24, 2.45) is 0 Å². The van der Waals surface area contributed by atoms with Gasteiger partial charge in [0.05, 0.1) is 12.0 Å². The van der Waals surface area contributed by atoms with E-state index in [1.54, 1.807) is 24.3 Å². The number of carbonyl (C=O) groups excluding carboxylic acids is 1. The van der Waals surface area contributed by atoms with Crippen LogP contribution in [0.2, 0.25) is 0 Å². The molecule has 0 spiro atoms. The zero-order valence-corrected chi connectivity index (χ0v) is 17.2. The van der Waals surface area contributed by atoms with Crippen LogP contribution in [0.4, 0.5) is 8.78 Å². The third kappa shape index (κ3) is 5.87.